The van der Waals surface area contributed by atoms with E-state index in [1.807, 2.05) is 7.05 Å². The molecule has 3 rings (SSSR count). The van der Waals surface area contributed by atoms with Crippen molar-refractivity contribution in [1.29, 1.82) is 0 Å². The van der Waals surface area contributed by atoms with Crippen molar-refractivity contribution in [3.8, 4) is 0 Å². The molecule has 2 saturated heterocycles. The molecule has 29 heavy (non-hydrogen) atoms. The van der Waals surface area contributed by atoms with E-state index >= 15 is 0 Å². The predicted molar refractivity (Wildman–Crippen MR) is 116 cm³/mol. The number of carbonyl (C=O) groups excluding carboxylic acids is 1. The quantitative estimate of drug-likeness (QED) is 0.654. The van der Waals surface area contributed by atoms with Crippen LogP contribution in [-0.2, 0) is 26.1 Å². The van der Waals surface area contributed by atoms with Crippen LogP contribution < -0.4 is 11.1 Å². The lowest BCUT2D eigenvalue weighted by atomic mass is 9.90. The van der Waals surface area contributed by atoms with Crippen LogP contribution in [0, 0.1) is 0 Å². The monoisotopic (exact) mass is 468 g/mol. The first kappa shape index (κ1) is 26.1. The standard InChI is InChI=1S/C18H28N4O4S.2ClH/c1-21-8-10-22(11-9-21)27(24,25)16-5-3-2-4-15(16)14-20-17(23)18(19)6-12-26-13-7-18;;/h2-5H,6-14,19H2,1H3,(H,20,23);2*1H. The maximum absolute atomic E-state index is 13.1. The Morgan fingerprint density at radius 2 is 1.72 bits per heavy atom. The highest BCUT2D eigenvalue weighted by molar-refractivity contribution is 7.89. The van der Waals surface area contributed by atoms with E-state index in [9.17, 15) is 13.2 Å². The van der Waals surface area contributed by atoms with Gasteiger partial charge in [0.15, 0.2) is 0 Å². The molecule has 0 radical (unpaired) electrons. The van der Waals surface area contributed by atoms with Crippen molar-refractivity contribution in [3.63, 3.8) is 0 Å². The van der Waals surface area contributed by atoms with E-state index in [1.165, 1.54) is 4.31 Å². The van der Waals surface area contributed by atoms with Gasteiger partial charge in [-0.1, -0.05) is 18.2 Å². The molecule has 8 nitrogen and oxygen atoms in total. The van der Waals surface area contributed by atoms with Gasteiger partial charge in [-0.25, -0.2) is 8.42 Å². The summed E-state index contributed by atoms with van der Waals surface area (Å²) in [6.45, 7) is 3.38. The summed E-state index contributed by atoms with van der Waals surface area (Å²) in [5, 5.41) is 2.82. The van der Waals surface area contributed by atoms with Gasteiger partial charge in [-0.2, -0.15) is 4.31 Å². The fraction of sp³-hybridized carbons (Fsp3) is 0.611. The van der Waals surface area contributed by atoms with Crippen molar-refractivity contribution in [1.82, 2.24) is 14.5 Å². The van der Waals surface area contributed by atoms with Gasteiger partial charge in [0.25, 0.3) is 0 Å². The van der Waals surface area contributed by atoms with Crippen molar-refractivity contribution >= 4 is 40.7 Å². The van der Waals surface area contributed by atoms with Gasteiger partial charge in [0, 0.05) is 45.9 Å². The highest BCUT2D eigenvalue weighted by Crippen LogP contribution is 2.22. The number of sulfonamides is 1. The zero-order valence-corrected chi connectivity index (χ0v) is 19.0. The maximum atomic E-state index is 13.1. The summed E-state index contributed by atoms with van der Waals surface area (Å²) in [5.74, 6) is -0.266. The smallest absolute Gasteiger partial charge is 0.243 e. The first-order valence-corrected chi connectivity index (χ1v) is 10.7. The molecule has 3 N–H and O–H groups in total. The lowest BCUT2D eigenvalue weighted by Gasteiger charge is -2.32. The highest BCUT2D eigenvalue weighted by Gasteiger charge is 2.36. The number of likely N-dealkylation sites (N-methyl/N-ethyl adjacent to an activating group) is 1. The number of nitrogens with one attached hydrogen (secondary N) is 1. The molecule has 2 fully saturated rings. The second kappa shape index (κ2) is 10.9. The Morgan fingerprint density at radius 1 is 1.14 bits per heavy atom. The molecule has 0 spiro atoms. The first-order valence-electron chi connectivity index (χ1n) is 9.24. The number of nitrogens with zero attached hydrogens (tertiary/aromatic N) is 2. The van der Waals surface area contributed by atoms with Crippen LogP contribution in [0.25, 0.3) is 0 Å². The predicted octanol–water partition coefficient (Wildman–Crippen LogP) is 0.590. The third-order valence-corrected chi connectivity index (χ3v) is 7.33. The lowest BCUT2D eigenvalue weighted by molar-refractivity contribution is -0.129. The van der Waals surface area contributed by atoms with Gasteiger partial charge in [0.2, 0.25) is 15.9 Å². The Kier molecular flexibility index (Phi) is 9.81. The minimum atomic E-state index is -3.60. The summed E-state index contributed by atoms with van der Waals surface area (Å²) >= 11 is 0. The molecule has 1 amide bonds. The summed E-state index contributed by atoms with van der Waals surface area (Å²) < 4.78 is 32.9. The summed E-state index contributed by atoms with van der Waals surface area (Å²) in [7, 11) is -1.62. The van der Waals surface area contributed by atoms with Crippen LogP contribution >= 0.6 is 24.8 Å². The molecule has 0 unspecified atom stereocenters. The number of rotatable bonds is 5. The number of piperazine rings is 1. The molecule has 1 aromatic rings. The van der Waals surface area contributed by atoms with Crippen LogP contribution in [0.15, 0.2) is 29.2 Å². The SMILES string of the molecule is CN1CCN(S(=O)(=O)c2ccccc2CNC(=O)C2(N)CCOCC2)CC1.Cl.Cl. The van der Waals surface area contributed by atoms with Crippen molar-refractivity contribution in [2.45, 2.75) is 29.8 Å². The summed E-state index contributed by atoms with van der Waals surface area (Å²) in [5.41, 5.74) is 5.81. The Hall–Kier alpha value is -0.940. The van der Waals surface area contributed by atoms with Crippen LogP contribution in [0.4, 0.5) is 0 Å². The van der Waals surface area contributed by atoms with Gasteiger partial charge in [0.05, 0.1) is 10.4 Å². The Morgan fingerprint density at radius 3 is 2.34 bits per heavy atom. The number of hydrogen-bond acceptors (Lipinski definition) is 6. The van der Waals surface area contributed by atoms with Gasteiger partial charge >= 0.3 is 0 Å². The Labute approximate surface area is 185 Å². The summed E-state index contributed by atoms with van der Waals surface area (Å²) in [6, 6.07) is 6.81. The Balaban J connectivity index is 0.00000210. The first-order chi connectivity index (χ1) is 12.8. The van der Waals surface area contributed by atoms with Crippen LogP contribution in [0.2, 0.25) is 0 Å². The molecule has 0 bridgehead atoms. The number of nitrogens with two attached hydrogens (primary N) is 1. The lowest BCUT2D eigenvalue weighted by Crippen LogP contribution is -2.56. The molecule has 1 aromatic carbocycles. The summed E-state index contributed by atoms with van der Waals surface area (Å²) in [4.78, 5) is 14.9. The van der Waals surface area contributed by atoms with Crippen molar-refractivity contribution in [2.24, 2.45) is 5.73 Å². The second-order valence-corrected chi connectivity index (χ2v) is 9.17. The van der Waals surface area contributed by atoms with Crippen LogP contribution in [0.5, 0.6) is 0 Å². The molecule has 2 heterocycles. The molecule has 2 aliphatic heterocycles. The molecule has 0 aromatic heterocycles. The normalized spacial score (nSPS) is 20.2. The van der Waals surface area contributed by atoms with Crippen LogP contribution in [-0.4, -0.2) is 75.5 Å². The van der Waals surface area contributed by atoms with Crippen molar-refractivity contribution in [2.75, 3.05) is 46.4 Å². The maximum Gasteiger partial charge on any atom is 0.243 e. The molecule has 166 valence electrons. The molecule has 0 saturated carbocycles. The molecule has 2 aliphatic rings. The van der Waals surface area contributed by atoms with Gasteiger partial charge in [-0.3, -0.25) is 4.79 Å². The molecule has 0 aliphatic carbocycles. The topological polar surface area (TPSA) is 105 Å². The zero-order chi connectivity index (χ0) is 19.5. The van der Waals surface area contributed by atoms with E-state index in [0.29, 0.717) is 57.8 Å². The number of ether oxygens (including phenoxy) is 1. The number of amides is 1. The van der Waals surface area contributed by atoms with Crippen molar-refractivity contribution in [3.05, 3.63) is 29.8 Å². The number of benzene rings is 1. The largest absolute Gasteiger partial charge is 0.381 e. The molecular weight excluding hydrogens is 439 g/mol. The molecular formula is C18H30Cl2N4O4S. The van der Waals surface area contributed by atoms with E-state index in [0.717, 1.165) is 0 Å². The van der Waals surface area contributed by atoms with Crippen LogP contribution in [0.1, 0.15) is 18.4 Å². The van der Waals surface area contributed by atoms with E-state index in [2.05, 4.69) is 10.2 Å². The van der Waals surface area contributed by atoms with Gasteiger partial charge in [-0.15, -0.1) is 24.8 Å². The van der Waals surface area contributed by atoms with Gasteiger partial charge in [0.1, 0.15) is 0 Å². The van der Waals surface area contributed by atoms with Gasteiger partial charge < -0.3 is 20.7 Å². The number of hydrogen-bond donors (Lipinski definition) is 2. The van der Waals surface area contributed by atoms with E-state index < -0.39 is 15.6 Å². The fourth-order valence-corrected chi connectivity index (χ4v) is 5.03. The Bertz CT molecular complexity index is 780. The zero-order valence-electron chi connectivity index (χ0n) is 16.5. The molecule has 0 atom stereocenters. The van der Waals surface area contributed by atoms with Crippen LogP contribution in [0.3, 0.4) is 0 Å². The average molecular weight is 469 g/mol. The summed E-state index contributed by atoms with van der Waals surface area (Å²) in [6.07, 6.45) is 0.917. The van der Waals surface area contributed by atoms with E-state index in [4.69, 9.17) is 10.5 Å². The average Bonchev–Trinajstić information content (AvgIpc) is 2.67. The fourth-order valence-electron chi connectivity index (χ4n) is 3.38. The molecule has 11 heteroatoms. The highest BCUT2D eigenvalue weighted by atomic mass is 35.5. The third kappa shape index (κ3) is 6.04. The van der Waals surface area contributed by atoms with Gasteiger partial charge in [-0.05, 0) is 31.5 Å². The third-order valence-electron chi connectivity index (χ3n) is 5.33. The minimum absolute atomic E-state index is 0. The number of halogens is 2. The number of carbonyl (C=O) groups is 1. The van der Waals surface area contributed by atoms with Crippen molar-refractivity contribution < 1.29 is 17.9 Å². The second-order valence-electron chi connectivity index (χ2n) is 7.27. The van der Waals surface area contributed by atoms with E-state index in [-0.39, 0.29) is 42.2 Å². The van der Waals surface area contributed by atoms with E-state index in [1.54, 1.807) is 24.3 Å². The minimum Gasteiger partial charge on any atom is -0.381 e.